The van der Waals surface area contributed by atoms with Crippen LogP contribution in [0.25, 0.3) is 16.5 Å². The molecule has 5 nitrogen and oxygen atoms in total. The predicted molar refractivity (Wildman–Crippen MR) is 118 cm³/mol. The first-order chi connectivity index (χ1) is 15.1. The Hall–Kier alpha value is -3.44. The number of nitrogens with zero attached hydrogens (tertiary/aromatic N) is 1. The Labute approximate surface area is 180 Å². The molecule has 5 heteroatoms. The van der Waals surface area contributed by atoms with Gasteiger partial charge in [-0.1, -0.05) is 72.8 Å². The number of carbonyl (C=O) groups excluding carboxylic acids is 2. The first-order valence-electron chi connectivity index (χ1n) is 10.6. The Morgan fingerprint density at radius 3 is 2.48 bits per heavy atom. The van der Waals surface area contributed by atoms with Crippen LogP contribution in [-0.4, -0.2) is 41.0 Å². The molecule has 31 heavy (non-hydrogen) atoms. The number of aliphatic hydroxyl groups is 1. The zero-order valence-corrected chi connectivity index (χ0v) is 17.0. The summed E-state index contributed by atoms with van der Waals surface area (Å²) in [6.45, 7) is 0.997. The topological polar surface area (TPSA) is 66.8 Å². The van der Waals surface area contributed by atoms with Crippen molar-refractivity contribution in [3.63, 3.8) is 0 Å². The van der Waals surface area contributed by atoms with E-state index in [1.165, 1.54) is 0 Å². The number of hydrogen-bond donors (Lipinski definition) is 1. The lowest BCUT2D eigenvalue weighted by molar-refractivity contribution is -0.140. The van der Waals surface area contributed by atoms with Gasteiger partial charge in [0.15, 0.2) is 0 Å². The van der Waals surface area contributed by atoms with E-state index in [-0.39, 0.29) is 17.4 Å². The summed E-state index contributed by atoms with van der Waals surface area (Å²) in [5, 5.41) is 13.2. The van der Waals surface area contributed by atoms with E-state index in [2.05, 4.69) is 0 Å². The van der Waals surface area contributed by atoms with E-state index >= 15 is 0 Å². The van der Waals surface area contributed by atoms with Gasteiger partial charge in [0, 0.05) is 18.7 Å². The van der Waals surface area contributed by atoms with E-state index in [1.807, 2.05) is 66.7 Å². The first-order valence-corrected chi connectivity index (χ1v) is 10.6. The Bertz CT molecular complexity index is 1170. The van der Waals surface area contributed by atoms with Gasteiger partial charge in [-0.25, -0.2) is 0 Å². The zero-order valence-electron chi connectivity index (χ0n) is 17.0. The Morgan fingerprint density at radius 1 is 0.968 bits per heavy atom. The largest absolute Gasteiger partial charge is 0.507 e. The third kappa shape index (κ3) is 3.41. The van der Waals surface area contributed by atoms with Crippen molar-refractivity contribution in [2.24, 2.45) is 0 Å². The summed E-state index contributed by atoms with van der Waals surface area (Å²) >= 11 is 0. The lowest BCUT2D eigenvalue weighted by atomic mass is 9.93. The highest BCUT2D eigenvalue weighted by molar-refractivity contribution is 6.46. The third-order valence-electron chi connectivity index (χ3n) is 6.12. The quantitative estimate of drug-likeness (QED) is 0.390. The molecule has 0 aliphatic carbocycles. The summed E-state index contributed by atoms with van der Waals surface area (Å²) in [6.07, 6.45) is 1.70. The molecule has 0 bridgehead atoms. The SMILES string of the molecule is O=C1C(=O)N(CC2CCCO2)C(c2ccccc2)/C1=C(/O)c1cccc2ccccc12. The minimum atomic E-state index is -0.655. The number of ketones is 1. The van der Waals surface area contributed by atoms with Crippen molar-refractivity contribution in [1.82, 2.24) is 4.90 Å². The van der Waals surface area contributed by atoms with Crippen LogP contribution < -0.4 is 0 Å². The van der Waals surface area contributed by atoms with Crippen molar-refractivity contribution in [2.75, 3.05) is 13.2 Å². The number of rotatable bonds is 4. The molecule has 2 unspecified atom stereocenters. The number of benzene rings is 3. The van der Waals surface area contributed by atoms with Crippen LogP contribution in [0.2, 0.25) is 0 Å². The number of aliphatic hydroxyl groups excluding tert-OH is 1. The van der Waals surface area contributed by atoms with Gasteiger partial charge in [0.2, 0.25) is 0 Å². The molecule has 0 saturated carbocycles. The average Bonchev–Trinajstić information content (AvgIpc) is 3.41. The van der Waals surface area contributed by atoms with Gasteiger partial charge in [-0.05, 0) is 29.2 Å². The molecule has 156 valence electrons. The fourth-order valence-corrected chi connectivity index (χ4v) is 4.63. The van der Waals surface area contributed by atoms with E-state index in [4.69, 9.17) is 4.74 Å². The summed E-state index contributed by atoms with van der Waals surface area (Å²) in [7, 11) is 0. The average molecular weight is 413 g/mol. The molecule has 0 aromatic heterocycles. The smallest absolute Gasteiger partial charge is 0.295 e. The van der Waals surface area contributed by atoms with Gasteiger partial charge in [-0.15, -0.1) is 0 Å². The monoisotopic (exact) mass is 413 g/mol. The molecule has 0 spiro atoms. The highest BCUT2D eigenvalue weighted by Gasteiger charge is 2.47. The van der Waals surface area contributed by atoms with Gasteiger partial charge in [0.1, 0.15) is 5.76 Å². The molecule has 2 heterocycles. The second-order valence-electron chi connectivity index (χ2n) is 8.02. The fraction of sp³-hybridized carbons (Fsp3) is 0.231. The van der Waals surface area contributed by atoms with Crippen LogP contribution in [0, 0.1) is 0 Å². The molecule has 2 saturated heterocycles. The third-order valence-corrected chi connectivity index (χ3v) is 6.12. The molecule has 5 rings (SSSR count). The van der Waals surface area contributed by atoms with Gasteiger partial charge >= 0.3 is 0 Å². The minimum absolute atomic E-state index is 0.0954. The van der Waals surface area contributed by atoms with Crippen molar-refractivity contribution in [1.29, 1.82) is 0 Å². The highest BCUT2D eigenvalue weighted by atomic mass is 16.5. The van der Waals surface area contributed by atoms with Crippen LogP contribution in [0.1, 0.15) is 30.0 Å². The molecule has 3 aromatic carbocycles. The maximum Gasteiger partial charge on any atom is 0.295 e. The number of hydrogen-bond acceptors (Lipinski definition) is 4. The van der Waals surface area contributed by atoms with E-state index in [0.717, 1.165) is 29.2 Å². The van der Waals surface area contributed by atoms with Crippen LogP contribution in [0.15, 0.2) is 78.4 Å². The molecule has 0 radical (unpaired) electrons. The fourth-order valence-electron chi connectivity index (χ4n) is 4.63. The summed E-state index contributed by atoms with van der Waals surface area (Å²) in [5.41, 5.74) is 1.47. The summed E-state index contributed by atoms with van der Waals surface area (Å²) in [4.78, 5) is 27.8. The molecular weight excluding hydrogens is 390 g/mol. The first kappa shape index (κ1) is 19.5. The number of ether oxygens (including phenoxy) is 1. The number of carbonyl (C=O) groups is 2. The molecule has 1 N–H and O–H groups in total. The summed E-state index contributed by atoms with van der Waals surface area (Å²) < 4.78 is 5.74. The lowest BCUT2D eigenvalue weighted by Crippen LogP contribution is -2.36. The second kappa shape index (κ2) is 8.00. The van der Waals surface area contributed by atoms with E-state index in [0.29, 0.717) is 18.7 Å². The van der Waals surface area contributed by atoms with Crippen molar-refractivity contribution < 1.29 is 19.4 Å². The van der Waals surface area contributed by atoms with Gasteiger partial charge in [0.25, 0.3) is 11.7 Å². The van der Waals surface area contributed by atoms with Crippen LogP contribution in [0.4, 0.5) is 0 Å². The van der Waals surface area contributed by atoms with E-state index < -0.39 is 17.7 Å². The maximum absolute atomic E-state index is 13.2. The maximum atomic E-state index is 13.2. The summed E-state index contributed by atoms with van der Waals surface area (Å²) in [5.74, 6) is -1.39. The number of fused-ring (bicyclic) bond motifs is 1. The van der Waals surface area contributed by atoms with Gasteiger partial charge in [0.05, 0.1) is 17.7 Å². The summed E-state index contributed by atoms with van der Waals surface area (Å²) in [6, 6.07) is 22.0. The standard InChI is InChI=1S/C26H23NO4/c28-24(21-14-6-11-17-8-4-5-13-20(17)21)22-23(18-9-2-1-3-10-18)27(26(30)25(22)29)16-19-12-7-15-31-19/h1-6,8-11,13-14,19,23,28H,7,12,15-16H2/b24-22-. The van der Waals surface area contributed by atoms with Crippen LogP contribution in [0.5, 0.6) is 0 Å². The minimum Gasteiger partial charge on any atom is -0.507 e. The number of Topliss-reactive ketones (excluding diaryl/α,β-unsaturated/α-hetero) is 1. The molecule has 1 amide bonds. The molecule has 3 aromatic rings. The zero-order chi connectivity index (χ0) is 21.4. The highest BCUT2D eigenvalue weighted by Crippen LogP contribution is 2.41. The van der Waals surface area contributed by atoms with Crippen LogP contribution >= 0.6 is 0 Å². The molecule has 2 aliphatic rings. The Balaban J connectivity index is 1.67. The second-order valence-corrected chi connectivity index (χ2v) is 8.02. The molecule has 2 aliphatic heterocycles. The van der Waals surface area contributed by atoms with Crippen molar-refractivity contribution in [2.45, 2.75) is 25.0 Å². The van der Waals surface area contributed by atoms with Crippen LogP contribution in [0.3, 0.4) is 0 Å². The van der Waals surface area contributed by atoms with Crippen LogP contribution in [-0.2, 0) is 14.3 Å². The normalized spacial score (nSPS) is 23.0. The molecular formula is C26H23NO4. The van der Waals surface area contributed by atoms with Crippen molar-refractivity contribution >= 4 is 28.2 Å². The lowest BCUT2D eigenvalue weighted by Gasteiger charge is -2.27. The molecule has 2 fully saturated rings. The Kier molecular flexibility index (Phi) is 5.04. The van der Waals surface area contributed by atoms with Crippen molar-refractivity contribution in [3.8, 4) is 0 Å². The van der Waals surface area contributed by atoms with E-state index in [1.54, 1.807) is 11.0 Å². The predicted octanol–water partition coefficient (Wildman–Crippen LogP) is 4.44. The van der Waals surface area contributed by atoms with E-state index in [9.17, 15) is 14.7 Å². The van der Waals surface area contributed by atoms with Gasteiger partial charge < -0.3 is 14.7 Å². The van der Waals surface area contributed by atoms with Gasteiger partial charge in [-0.3, -0.25) is 9.59 Å². The van der Waals surface area contributed by atoms with Gasteiger partial charge in [-0.2, -0.15) is 0 Å². The number of likely N-dealkylation sites (tertiary alicyclic amines) is 1. The van der Waals surface area contributed by atoms with Crippen molar-refractivity contribution in [3.05, 3.63) is 89.5 Å². The number of amides is 1. The molecule has 2 atom stereocenters. The Morgan fingerprint density at radius 2 is 1.71 bits per heavy atom.